The summed E-state index contributed by atoms with van der Waals surface area (Å²) in [4.78, 5) is 12.8. The van der Waals surface area contributed by atoms with Crippen LogP contribution in [0.2, 0.25) is 0 Å². The summed E-state index contributed by atoms with van der Waals surface area (Å²) < 4.78 is 0. The van der Waals surface area contributed by atoms with E-state index < -0.39 is 0 Å². The van der Waals surface area contributed by atoms with E-state index in [1.807, 2.05) is 0 Å². The normalized spacial score (nSPS) is 38.6. The van der Waals surface area contributed by atoms with Gasteiger partial charge in [-0.25, -0.2) is 0 Å². The summed E-state index contributed by atoms with van der Waals surface area (Å²) in [6, 6.07) is 0. The fraction of sp³-hybridized carbons (Fsp3) is 0.947. The lowest BCUT2D eigenvalue weighted by Gasteiger charge is -2.35. The molecule has 2 atom stereocenters. The van der Waals surface area contributed by atoms with Crippen molar-refractivity contribution in [1.82, 2.24) is 0 Å². The van der Waals surface area contributed by atoms with Crippen molar-refractivity contribution in [2.75, 3.05) is 0 Å². The van der Waals surface area contributed by atoms with Gasteiger partial charge in [0.2, 0.25) is 0 Å². The SMILES string of the molecule is CCCCC1CCC(C(=O)C2CC(C)CC(C)C2)CC1. The van der Waals surface area contributed by atoms with Gasteiger partial charge in [0.05, 0.1) is 0 Å². The van der Waals surface area contributed by atoms with Crippen LogP contribution in [-0.4, -0.2) is 5.78 Å². The van der Waals surface area contributed by atoms with Crippen LogP contribution in [0.3, 0.4) is 0 Å². The Morgan fingerprint density at radius 3 is 2.05 bits per heavy atom. The molecule has 0 aromatic heterocycles. The Hall–Kier alpha value is -0.330. The second kappa shape index (κ2) is 7.61. The van der Waals surface area contributed by atoms with Crippen molar-refractivity contribution in [2.24, 2.45) is 29.6 Å². The zero-order valence-electron chi connectivity index (χ0n) is 13.9. The minimum atomic E-state index is 0.394. The van der Waals surface area contributed by atoms with Crippen LogP contribution in [0.1, 0.15) is 85.0 Å². The van der Waals surface area contributed by atoms with Crippen molar-refractivity contribution in [3.8, 4) is 0 Å². The third-order valence-corrected chi connectivity index (χ3v) is 5.80. The molecule has 0 aromatic carbocycles. The average molecular weight is 278 g/mol. The van der Waals surface area contributed by atoms with E-state index in [2.05, 4.69) is 20.8 Å². The Kier molecular flexibility index (Phi) is 6.11. The zero-order chi connectivity index (χ0) is 14.5. The van der Waals surface area contributed by atoms with E-state index >= 15 is 0 Å². The number of rotatable bonds is 5. The molecule has 0 bridgehead atoms. The molecule has 0 spiro atoms. The molecule has 0 heterocycles. The molecular formula is C19H34O. The fourth-order valence-electron chi connectivity index (χ4n) is 4.74. The van der Waals surface area contributed by atoms with Gasteiger partial charge < -0.3 is 0 Å². The monoisotopic (exact) mass is 278 g/mol. The molecular weight excluding hydrogens is 244 g/mol. The maximum atomic E-state index is 12.8. The van der Waals surface area contributed by atoms with Crippen LogP contribution in [0.5, 0.6) is 0 Å². The average Bonchev–Trinajstić information content (AvgIpc) is 2.44. The number of ketones is 1. The van der Waals surface area contributed by atoms with Gasteiger partial charge in [0.15, 0.2) is 0 Å². The first-order chi connectivity index (χ1) is 9.60. The number of carbonyl (C=O) groups excluding carboxylic acids is 1. The maximum absolute atomic E-state index is 12.8. The van der Waals surface area contributed by atoms with Crippen LogP contribution in [0.4, 0.5) is 0 Å². The number of Topliss-reactive ketones (excluding diaryl/α,β-unsaturated/α-hetero) is 1. The number of hydrogen-bond acceptors (Lipinski definition) is 1. The van der Waals surface area contributed by atoms with Crippen molar-refractivity contribution in [3.05, 3.63) is 0 Å². The third kappa shape index (κ3) is 4.33. The molecule has 0 saturated heterocycles. The summed E-state index contributed by atoms with van der Waals surface area (Å²) in [5, 5.41) is 0. The fourth-order valence-corrected chi connectivity index (χ4v) is 4.74. The number of hydrogen-bond donors (Lipinski definition) is 0. The summed E-state index contributed by atoms with van der Waals surface area (Å²) >= 11 is 0. The third-order valence-electron chi connectivity index (χ3n) is 5.80. The summed E-state index contributed by atoms with van der Waals surface area (Å²) in [5.41, 5.74) is 0. The van der Waals surface area contributed by atoms with Gasteiger partial charge in [-0.2, -0.15) is 0 Å². The van der Waals surface area contributed by atoms with Crippen LogP contribution in [-0.2, 0) is 4.79 Å². The molecule has 0 amide bonds. The topological polar surface area (TPSA) is 17.1 Å². The molecule has 0 radical (unpaired) electrons. The first-order valence-corrected chi connectivity index (χ1v) is 9.13. The summed E-state index contributed by atoms with van der Waals surface area (Å²) in [7, 11) is 0. The van der Waals surface area contributed by atoms with Gasteiger partial charge >= 0.3 is 0 Å². The van der Waals surface area contributed by atoms with E-state index in [9.17, 15) is 4.79 Å². The predicted molar refractivity (Wildman–Crippen MR) is 85.6 cm³/mol. The van der Waals surface area contributed by atoms with E-state index in [1.54, 1.807) is 0 Å². The number of carbonyl (C=O) groups is 1. The van der Waals surface area contributed by atoms with Crippen LogP contribution in [0, 0.1) is 29.6 Å². The minimum Gasteiger partial charge on any atom is -0.299 e. The van der Waals surface area contributed by atoms with Gasteiger partial charge in [-0.05, 0) is 62.7 Å². The Morgan fingerprint density at radius 1 is 0.900 bits per heavy atom. The molecule has 1 heteroatoms. The lowest BCUT2D eigenvalue weighted by molar-refractivity contribution is -0.130. The predicted octanol–water partition coefficient (Wildman–Crippen LogP) is 5.62. The van der Waals surface area contributed by atoms with Crippen LogP contribution < -0.4 is 0 Å². The Bertz CT molecular complexity index is 291. The first kappa shape index (κ1) is 16.0. The zero-order valence-corrected chi connectivity index (χ0v) is 13.9. The molecule has 2 aliphatic rings. The Morgan fingerprint density at radius 2 is 1.50 bits per heavy atom. The van der Waals surface area contributed by atoms with E-state index in [4.69, 9.17) is 0 Å². The highest BCUT2D eigenvalue weighted by molar-refractivity contribution is 5.83. The van der Waals surface area contributed by atoms with Gasteiger partial charge in [0.25, 0.3) is 0 Å². The molecule has 2 rings (SSSR count). The van der Waals surface area contributed by atoms with E-state index in [0.717, 1.165) is 17.8 Å². The molecule has 0 aliphatic heterocycles. The van der Waals surface area contributed by atoms with Gasteiger partial charge in [-0.15, -0.1) is 0 Å². The van der Waals surface area contributed by atoms with E-state index in [1.165, 1.54) is 64.2 Å². The lowest BCUT2D eigenvalue weighted by Crippen LogP contribution is -2.32. The second-order valence-corrected chi connectivity index (χ2v) is 7.88. The highest BCUT2D eigenvalue weighted by atomic mass is 16.1. The minimum absolute atomic E-state index is 0.394. The molecule has 0 aromatic rings. The highest BCUT2D eigenvalue weighted by Gasteiger charge is 2.34. The van der Waals surface area contributed by atoms with Gasteiger partial charge in [0.1, 0.15) is 5.78 Å². The quantitative estimate of drug-likeness (QED) is 0.637. The first-order valence-electron chi connectivity index (χ1n) is 9.13. The van der Waals surface area contributed by atoms with Crippen molar-refractivity contribution < 1.29 is 4.79 Å². The largest absolute Gasteiger partial charge is 0.299 e. The molecule has 2 fully saturated rings. The summed E-state index contributed by atoms with van der Waals surface area (Å²) in [6.45, 7) is 6.94. The van der Waals surface area contributed by atoms with E-state index in [0.29, 0.717) is 17.6 Å². The Labute approximate surface area is 125 Å². The molecule has 2 saturated carbocycles. The molecule has 2 aliphatic carbocycles. The molecule has 1 nitrogen and oxygen atoms in total. The van der Waals surface area contributed by atoms with E-state index in [-0.39, 0.29) is 0 Å². The van der Waals surface area contributed by atoms with Gasteiger partial charge in [0, 0.05) is 11.8 Å². The molecule has 0 N–H and O–H groups in total. The van der Waals surface area contributed by atoms with Gasteiger partial charge in [-0.1, -0.05) is 40.0 Å². The molecule has 2 unspecified atom stereocenters. The van der Waals surface area contributed by atoms with Crippen molar-refractivity contribution >= 4 is 5.78 Å². The lowest BCUT2D eigenvalue weighted by atomic mass is 9.69. The summed E-state index contributed by atoms with van der Waals surface area (Å²) in [6.07, 6.45) is 12.7. The molecule has 20 heavy (non-hydrogen) atoms. The Balaban J connectivity index is 1.79. The van der Waals surface area contributed by atoms with Crippen molar-refractivity contribution in [3.63, 3.8) is 0 Å². The van der Waals surface area contributed by atoms with Gasteiger partial charge in [-0.3, -0.25) is 4.79 Å². The standard InChI is InChI=1S/C19H34O/c1-4-5-6-16-7-9-17(10-8-16)19(20)18-12-14(2)11-15(3)13-18/h14-18H,4-13H2,1-3H3. The second-order valence-electron chi connectivity index (χ2n) is 7.88. The number of unbranched alkanes of at least 4 members (excludes halogenated alkanes) is 1. The van der Waals surface area contributed by atoms with Crippen LogP contribution in [0.25, 0.3) is 0 Å². The smallest absolute Gasteiger partial charge is 0.139 e. The highest BCUT2D eigenvalue weighted by Crippen LogP contribution is 2.39. The van der Waals surface area contributed by atoms with Crippen molar-refractivity contribution in [2.45, 2.75) is 85.0 Å². The van der Waals surface area contributed by atoms with Crippen LogP contribution in [0.15, 0.2) is 0 Å². The maximum Gasteiger partial charge on any atom is 0.139 e. The molecule has 116 valence electrons. The van der Waals surface area contributed by atoms with Crippen LogP contribution >= 0.6 is 0 Å². The summed E-state index contributed by atoms with van der Waals surface area (Å²) in [5.74, 6) is 3.88. The van der Waals surface area contributed by atoms with Crippen molar-refractivity contribution in [1.29, 1.82) is 0 Å².